The Morgan fingerprint density at radius 1 is 1.24 bits per heavy atom. The SMILES string of the molecule is O=C1C[C@]2(CN(Cc3ccc(Br)cc3F)C(=O)c3cccn32)C(=O)N1. The van der Waals surface area contributed by atoms with Crippen molar-refractivity contribution in [3.63, 3.8) is 0 Å². The molecule has 2 aromatic rings. The first kappa shape index (κ1) is 16.0. The van der Waals surface area contributed by atoms with Crippen LogP contribution in [0.15, 0.2) is 41.0 Å². The van der Waals surface area contributed by atoms with Crippen molar-refractivity contribution in [2.45, 2.75) is 18.5 Å². The Morgan fingerprint density at radius 2 is 2.04 bits per heavy atom. The number of carbonyl (C=O) groups is 3. The summed E-state index contributed by atoms with van der Waals surface area (Å²) in [6.07, 6.45) is 1.59. The van der Waals surface area contributed by atoms with E-state index in [2.05, 4.69) is 21.2 Å². The number of nitrogens with zero attached hydrogens (tertiary/aromatic N) is 2. The van der Waals surface area contributed by atoms with Crippen molar-refractivity contribution in [3.05, 3.63) is 58.1 Å². The second kappa shape index (κ2) is 5.52. The first-order chi connectivity index (χ1) is 11.9. The van der Waals surface area contributed by atoms with Gasteiger partial charge in [-0.05, 0) is 24.3 Å². The van der Waals surface area contributed by atoms with Gasteiger partial charge in [-0.15, -0.1) is 0 Å². The Morgan fingerprint density at radius 3 is 2.72 bits per heavy atom. The van der Waals surface area contributed by atoms with Gasteiger partial charge in [0.25, 0.3) is 11.8 Å². The van der Waals surface area contributed by atoms with Gasteiger partial charge in [-0.25, -0.2) is 4.39 Å². The topological polar surface area (TPSA) is 71.4 Å². The summed E-state index contributed by atoms with van der Waals surface area (Å²) >= 11 is 3.20. The first-order valence-corrected chi connectivity index (χ1v) is 8.45. The van der Waals surface area contributed by atoms with Crippen LogP contribution >= 0.6 is 15.9 Å². The van der Waals surface area contributed by atoms with Gasteiger partial charge >= 0.3 is 0 Å². The van der Waals surface area contributed by atoms with Crippen LogP contribution in [0.2, 0.25) is 0 Å². The lowest BCUT2D eigenvalue weighted by molar-refractivity contribution is -0.128. The van der Waals surface area contributed by atoms with Crippen LogP contribution in [0.4, 0.5) is 4.39 Å². The minimum absolute atomic E-state index is 0.0145. The van der Waals surface area contributed by atoms with E-state index in [-0.39, 0.29) is 31.3 Å². The third-order valence-corrected chi connectivity index (χ3v) is 5.17. The maximum Gasteiger partial charge on any atom is 0.270 e. The predicted octanol–water partition coefficient (Wildman–Crippen LogP) is 1.79. The van der Waals surface area contributed by atoms with E-state index < -0.39 is 17.3 Å². The fourth-order valence-electron chi connectivity index (χ4n) is 3.49. The summed E-state index contributed by atoms with van der Waals surface area (Å²) in [5.74, 6) is -1.56. The molecule has 128 valence electrons. The van der Waals surface area contributed by atoms with Gasteiger partial charge < -0.3 is 9.47 Å². The molecule has 0 saturated carbocycles. The Bertz CT molecular complexity index is 926. The Balaban J connectivity index is 1.74. The number of imide groups is 1. The molecule has 0 bridgehead atoms. The van der Waals surface area contributed by atoms with Crippen molar-refractivity contribution in [3.8, 4) is 0 Å². The van der Waals surface area contributed by atoms with Crippen LogP contribution in [-0.2, 0) is 21.7 Å². The van der Waals surface area contributed by atoms with Crippen molar-refractivity contribution >= 4 is 33.7 Å². The third kappa shape index (κ3) is 2.39. The highest BCUT2D eigenvalue weighted by atomic mass is 79.9. The highest BCUT2D eigenvalue weighted by Gasteiger charge is 2.53. The average Bonchev–Trinajstić information content (AvgIpc) is 3.13. The lowest BCUT2D eigenvalue weighted by Crippen LogP contribution is -2.56. The second-order valence-electron chi connectivity index (χ2n) is 6.25. The van der Waals surface area contributed by atoms with Gasteiger partial charge in [-0.1, -0.05) is 22.0 Å². The van der Waals surface area contributed by atoms with E-state index in [9.17, 15) is 18.8 Å². The molecule has 2 aliphatic heterocycles. The lowest BCUT2D eigenvalue weighted by Gasteiger charge is -2.39. The minimum atomic E-state index is -1.17. The zero-order chi connectivity index (χ0) is 17.8. The molecule has 1 N–H and O–H groups in total. The zero-order valence-electron chi connectivity index (χ0n) is 13.0. The van der Waals surface area contributed by atoms with E-state index in [1.165, 1.54) is 11.0 Å². The summed E-state index contributed by atoms with van der Waals surface area (Å²) < 4.78 is 16.3. The maximum atomic E-state index is 14.2. The number of fused-ring (bicyclic) bond motifs is 2. The number of amides is 3. The largest absolute Gasteiger partial charge is 0.330 e. The normalized spacial score (nSPS) is 22.5. The van der Waals surface area contributed by atoms with Crippen LogP contribution in [0.25, 0.3) is 0 Å². The summed E-state index contributed by atoms with van der Waals surface area (Å²) in [6, 6.07) is 7.87. The van der Waals surface area contributed by atoms with Crippen LogP contribution in [0.1, 0.15) is 22.5 Å². The monoisotopic (exact) mass is 405 g/mol. The molecule has 1 aromatic carbocycles. The quantitative estimate of drug-likeness (QED) is 0.774. The van der Waals surface area contributed by atoms with Gasteiger partial charge in [-0.2, -0.15) is 0 Å². The van der Waals surface area contributed by atoms with Gasteiger partial charge in [0.2, 0.25) is 5.91 Å². The molecule has 3 amide bonds. The van der Waals surface area contributed by atoms with Crippen molar-refractivity contribution in [1.82, 2.24) is 14.8 Å². The zero-order valence-corrected chi connectivity index (χ0v) is 14.5. The number of halogens is 2. The summed E-state index contributed by atoms with van der Waals surface area (Å²) in [7, 11) is 0. The number of rotatable bonds is 2. The van der Waals surface area contributed by atoms with Crippen LogP contribution < -0.4 is 5.32 Å². The molecule has 0 radical (unpaired) electrons. The molecular weight excluding hydrogens is 393 g/mol. The van der Waals surface area contributed by atoms with Crippen LogP contribution in [0.5, 0.6) is 0 Å². The first-order valence-electron chi connectivity index (χ1n) is 7.66. The Hall–Kier alpha value is -2.48. The Kier molecular flexibility index (Phi) is 3.54. The van der Waals surface area contributed by atoms with Gasteiger partial charge in [0, 0.05) is 22.8 Å². The lowest BCUT2D eigenvalue weighted by atomic mass is 9.93. The van der Waals surface area contributed by atoms with Crippen molar-refractivity contribution < 1.29 is 18.8 Å². The van der Waals surface area contributed by atoms with Crippen molar-refractivity contribution in [1.29, 1.82) is 0 Å². The number of benzene rings is 1. The smallest absolute Gasteiger partial charge is 0.270 e. The number of hydrogen-bond acceptors (Lipinski definition) is 3. The van der Waals surface area contributed by atoms with Gasteiger partial charge in [0.05, 0.1) is 13.0 Å². The van der Waals surface area contributed by atoms with E-state index in [4.69, 9.17) is 0 Å². The molecule has 6 nitrogen and oxygen atoms in total. The van der Waals surface area contributed by atoms with Gasteiger partial charge in [0.15, 0.2) is 0 Å². The van der Waals surface area contributed by atoms with E-state index in [0.29, 0.717) is 15.7 Å². The van der Waals surface area contributed by atoms with Gasteiger partial charge in [-0.3, -0.25) is 19.7 Å². The summed E-state index contributed by atoms with van der Waals surface area (Å²) in [5.41, 5.74) is -0.514. The molecule has 3 heterocycles. The second-order valence-corrected chi connectivity index (χ2v) is 7.16. The molecule has 4 rings (SSSR count). The van der Waals surface area contributed by atoms with E-state index in [0.717, 1.165) is 0 Å². The minimum Gasteiger partial charge on any atom is -0.330 e. The highest BCUT2D eigenvalue weighted by Crippen LogP contribution is 2.35. The molecule has 0 aliphatic carbocycles. The predicted molar refractivity (Wildman–Crippen MR) is 89.0 cm³/mol. The molecule has 1 spiro atoms. The third-order valence-electron chi connectivity index (χ3n) is 4.67. The summed E-state index contributed by atoms with van der Waals surface area (Å²) in [6.45, 7) is 0.0347. The molecule has 8 heteroatoms. The van der Waals surface area contributed by atoms with Crippen LogP contribution in [0.3, 0.4) is 0 Å². The average molecular weight is 406 g/mol. The molecule has 25 heavy (non-hydrogen) atoms. The highest BCUT2D eigenvalue weighted by molar-refractivity contribution is 9.10. The summed E-state index contributed by atoms with van der Waals surface area (Å²) in [4.78, 5) is 38.4. The van der Waals surface area contributed by atoms with Gasteiger partial charge in [0.1, 0.15) is 17.1 Å². The van der Waals surface area contributed by atoms with E-state index in [1.54, 1.807) is 35.0 Å². The molecule has 1 aromatic heterocycles. The van der Waals surface area contributed by atoms with Crippen LogP contribution in [-0.4, -0.2) is 33.7 Å². The molecule has 2 aliphatic rings. The number of aromatic nitrogens is 1. The summed E-state index contributed by atoms with van der Waals surface area (Å²) in [5, 5.41) is 2.31. The molecular formula is C17H13BrFN3O3. The fourth-order valence-corrected chi connectivity index (χ4v) is 3.83. The van der Waals surface area contributed by atoms with E-state index in [1.807, 2.05) is 0 Å². The molecule has 0 unspecified atom stereocenters. The van der Waals surface area contributed by atoms with Crippen LogP contribution in [0, 0.1) is 5.82 Å². The fraction of sp³-hybridized carbons (Fsp3) is 0.235. The van der Waals surface area contributed by atoms with Crippen molar-refractivity contribution in [2.24, 2.45) is 0 Å². The molecule has 1 saturated heterocycles. The number of nitrogens with one attached hydrogen (secondary N) is 1. The standard InChI is InChI=1S/C17H13BrFN3O3/c18-11-4-3-10(12(19)6-11)8-21-9-17(7-14(23)20-16(17)25)22-5-1-2-13(22)15(21)24/h1-6H,7-9H2,(H,20,23,25)/t17-/m0/s1. The van der Waals surface area contributed by atoms with E-state index >= 15 is 0 Å². The van der Waals surface area contributed by atoms with Crippen molar-refractivity contribution in [2.75, 3.05) is 6.54 Å². The Labute approximate surface area is 150 Å². The maximum absolute atomic E-state index is 14.2. The molecule has 1 fully saturated rings. The number of carbonyl (C=O) groups excluding carboxylic acids is 3. The molecule has 1 atom stereocenters. The number of hydrogen-bond donors (Lipinski definition) is 1.